The normalized spacial score (nSPS) is 10.1. The van der Waals surface area contributed by atoms with Crippen LogP contribution in [0.25, 0.3) is 11.1 Å². The molecule has 0 radical (unpaired) electrons. The van der Waals surface area contributed by atoms with Crippen LogP contribution in [0.3, 0.4) is 0 Å². The fourth-order valence-corrected chi connectivity index (χ4v) is 1.26. The van der Waals surface area contributed by atoms with Gasteiger partial charge >= 0.3 is 0 Å². The summed E-state index contributed by atoms with van der Waals surface area (Å²) in [5.74, 6) is -0.520. The molecule has 0 spiro atoms. The van der Waals surface area contributed by atoms with Crippen molar-refractivity contribution in [3.63, 3.8) is 0 Å². The molecule has 1 heterocycles. The number of nitrogens with zero attached hydrogens (tertiary/aromatic N) is 1. The number of pyridine rings is 1. The molecular formula is C11H8FNO. The third-order valence-corrected chi connectivity index (χ3v) is 1.93. The molecule has 0 atom stereocenters. The first-order valence-electron chi connectivity index (χ1n) is 4.16. The maximum Gasteiger partial charge on any atom is 0.134 e. The summed E-state index contributed by atoms with van der Waals surface area (Å²) in [6.07, 6.45) is 3.21. The molecule has 3 heteroatoms. The third-order valence-electron chi connectivity index (χ3n) is 1.93. The highest BCUT2D eigenvalue weighted by molar-refractivity contribution is 5.63. The molecule has 14 heavy (non-hydrogen) atoms. The zero-order valence-electron chi connectivity index (χ0n) is 7.31. The molecule has 2 rings (SSSR count). The van der Waals surface area contributed by atoms with Gasteiger partial charge in [0.25, 0.3) is 0 Å². The van der Waals surface area contributed by atoms with Crippen molar-refractivity contribution in [2.45, 2.75) is 0 Å². The lowest BCUT2D eigenvalue weighted by Crippen LogP contribution is -1.84. The van der Waals surface area contributed by atoms with E-state index in [0.717, 1.165) is 6.07 Å². The zero-order chi connectivity index (χ0) is 9.97. The number of aromatic nitrogens is 1. The van der Waals surface area contributed by atoms with E-state index in [2.05, 4.69) is 4.98 Å². The monoisotopic (exact) mass is 189 g/mol. The largest absolute Gasteiger partial charge is 0.508 e. The number of aromatic hydroxyl groups is 1. The van der Waals surface area contributed by atoms with E-state index in [1.807, 2.05) is 0 Å². The molecule has 2 aromatic rings. The van der Waals surface area contributed by atoms with Crippen LogP contribution in [0.1, 0.15) is 0 Å². The van der Waals surface area contributed by atoms with Crippen LogP contribution in [0.5, 0.6) is 5.75 Å². The Hall–Kier alpha value is -1.90. The summed E-state index contributed by atoms with van der Waals surface area (Å²) >= 11 is 0. The average molecular weight is 189 g/mol. The van der Waals surface area contributed by atoms with E-state index in [1.54, 1.807) is 24.5 Å². The highest BCUT2D eigenvalue weighted by Crippen LogP contribution is 2.24. The van der Waals surface area contributed by atoms with Crippen molar-refractivity contribution in [1.82, 2.24) is 4.98 Å². The zero-order valence-corrected chi connectivity index (χ0v) is 7.31. The second-order valence-electron chi connectivity index (χ2n) is 2.91. The predicted octanol–water partition coefficient (Wildman–Crippen LogP) is 2.59. The van der Waals surface area contributed by atoms with E-state index in [0.29, 0.717) is 11.1 Å². The smallest absolute Gasteiger partial charge is 0.134 e. The first-order valence-corrected chi connectivity index (χ1v) is 4.16. The number of halogens is 1. The van der Waals surface area contributed by atoms with E-state index in [-0.39, 0.29) is 5.75 Å². The number of rotatable bonds is 1. The van der Waals surface area contributed by atoms with Crippen LogP contribution in [0.2, 0.25) is 0 Å². The van der Waals surface area contributed by atoms with Gasteiger partial charge in [-0.15, -0.1) is 0 Å². The molecule has 0 saturated heterocycles. The maximum absolute atomic E-state index is 13.3. The first-order chi connectivity index (χ1) is 6.77. The molecule has 1 N–H and O–H groups in total. The van der Waals surface area contributed by atoms with Gasteiger partial charge in [-0.1, -0.05) is 6.07 Å². The van der Waals surface area contributed by atoms with Gasteiger partial charge in [-0.25, -0.2) is 4.39 Å². The van der Waals surface area contributed by atoms with Crippen LogP contribution in [-0.2, 0) is 0 Å². The van der Waals surface area contributed by atoms with Gasteiger partial charge in [0, 0.05) is 29.6 Å². The predicted molar refractivity (Wildman–Crippen MR) is 51.3 cm³/mol. The Labute approximate surface area is 80.7 Å². The van der Waals surface area contributed by atoms with Gasteiger partial charge in [0.2, 0.25) is 0 Å². The number of hydrogen-bond donors (Lipinski definition) is 1. The van der Waals surface area contributed by atoms with E-state index in [4.69, 9.17) is 5.11 Å². The van der Waals surface area contributed by atoms with Gasteiger partial charge in [0.1, 0.15) is 11.6 Å². The van der Waals surface area contributed by atoms with Crippen molar-refractivity contribution in [3.8, 4) is 16.9 Å². The second kappa shape index (κ2) is 3.46. The molecule has 0 saturated carbocycles. The Bertz CT molecular complexity index is 442. The summed E-state index contributed by atoms with van der Waals surface area (Å²) in [5.41, 5.74) is 1.14. The van der Waals surface area contributed by atoms with Crippen LogP contribution in [0, 0.1) is 5.82 Å². The topological polar surface area (TPSA) is 33.1 Å². The van der Waals surface area contributed by atoms with Crippen molar-refractivity contribution in [3.05, 3.63) is 48.5 Å². The minimum atomic E-state index is -0.446. The van der Waals surface area contributed by atoms with Crippen LogP contribution in [-0.4, -0.2) is 10.1 Å². The summed E-state index contributed by atoms with van der Waals surface area (Å²) in [4.78, 5) is 3.90. The molecule has 0 aliphatic carbocycles. The lowest BCUT2D eigenvalue weighted by Gasteiger charge is -2.02. The third kappa shape index (κ3) is 1.57. The Kier molecular flexibility index (Phi) is 2.14. The van der Waals surface area contributed by atoms with E-state index in [9.17, 15) is 4.39 Å². The van der Waals surface area contributed by atoms with E-state index >= 15 is 0 Å². The molecule has 0 bridgehead atoms. The van der Waals surface area contributed by atoms with Gasteiger partial charge < -0.3 is 5.11 Å². The van der Waals surface area contributed by atoms with Crippen molar-refractivity contribution >= 4 is 0 Å². The molecule has 1 aromatic carbocycles. The molecule has 0 amide bonds. The first kappa shape index (κ1) is 8.69. The van der Waals surface area contributed by atoms with Gasteiger partial charge in [0.15, 0.2) is 0 Å². The van der Waals surface area contributed by atoms with Crippen LogP contribution in [0.4, 0.5) is 4.39 Å². The Morgan fingerprint density at radius 2 is 2.07 bits per heavy atom. The fourth-order valence-electron chi connectivity index (χ4n) is 1.26. The van der Waals surface area contributed by atoms with Gasteiger partial charge in [-0.3, -0.25) is 4.98 Å². The molecule has 2 nitrogen and oxygen atoms in total. The van der Waals surface area contributed by atoms with E-state index < -0.39 is 5.82 Å². The number of benzene rings is 1. The lowest BCUT2D eigenvalue weighted by atomic mass is 10.1. The molecule has 0 aliphatic rings. The highest BCUT2D eigenvalue weighted by Gasteiger charge is 2.04. The molecule has 0 aliphatic heterocycles. The lowest BCUT2D eigenvalue weighted by molar-refractivity contribution is 0.469. The molecule has 0 fully saturated rings. The van der Waals surface area contributed by atoms with Crippen LogP contribution < -0.4 is 0 Å². The van der Waals surface area contributed by atoms with Crippen molar-refractivity contribution in [2.24, 2.45) is 0 Å². The summed E-state index contributed by atoms with van der Waals surface area (Å²) in [6, 6.07) is 7.57. The van der Waals surface area contributed by atoms with Crippen LogP contribution >= 0.6 is 0 Å². The quantitative estimate of drug-likeness (QED) is 0.747. The minimum absolute atomic E-state index is 0.0739. The van der Waals surface area contributed by atoms with E-state index in [1.165, 1.54) is 12.1 Å². The van der Waals surface area contributed by atoms with Crippen molar-refractivity contribution in [2.75, 3.05) is 0 Å². The standard InChI is InChI=1S/C11H8FNO/c12-11-6-9(14)3-4-10(11)8-2-1-5-13-7-8/h1-7,14H. The van der Waals surface area contributed by atoms with Gasteiger partial charge in [0.05, 0.1) is 0 Å². The van der Waals surface area contributed by atoms with Crippen molar-refractivity contribution < 1.29 is 9.50 Å². The summed E-state index contributed by atoms with van der Waals surface area (Å²) in [5, 5.41) is 9.03. The van der Waals surface area contributed by atoms with Gasteiger partial charge in [-0.2, -0.15) is 0 Å². The molecular weight excluding hydrogens is 181 g/mol. The highest BCUT2D eigenvalue weighted by atomic mass is 19.1. The fraction of sp³-hybridized carbons (Fsp3) is 0. The molecule has 70 valence electrons. The minimum Gasteiger partial charge on any atom is -0.508 e. The van der Waals surface area contributed by atoms with Gasteiger partial charge in [-0.05, 0) is 18.2 Å². The Morgan fingerprint density at radius 3 is 2.71 bits per heavy atom. The second-order valence-corrected chi connectivity index (χ2v) is 2.91. The Balaban J connectivity index is 2.53. The Morgan fingerprint density at radius 1 is 1.21 bits per heavy atom. The molecule has 0 unspecified atom stereocenters. The SMILES string of the molecule is Oc1ccc(-c2cccnc2)c(F)c1. The summed E-state index contributed by atoms with van der Waals surface area (Å²) in [6.45, 7) is 0. The number of hydrogen-bond acceptors (Lipinski definition) is 2. The van der Waals surface area contributed by atoms with Crippen molar-refractivity contribution in [1.29, 1.82) is 0 Å². The number of phenols is 1. The summed E-state index contributed by atoms with van der Waals surface area (Å²) in [7, 11) is 0. The molecule has 1 aromatic heterocycles. The van der Waals surface area contributed by atoms with Crippen LogP contribution in [0.15, 0.2) is 42.7 Å². The summed E-state index contributed by atoms with van der Waals surface area (Å²) < 4.78 is 13.3. The average Bonchev–Trinajstić information content (AvgIpc) is 2.19. The number of phenolic OH excluding ortho intramolecular Hbond substituents is 1. The maximum atomic E-state index is 13.3.